The van der Waals surface area contributed by atoms with Crippen LogP contribution in [0.1, 0.15) is 78.6 Å². The lowest BCUT2D eigenvalue weighted by Crippen LogP contribution is -2.65. The average molecular weight is 487 g/mol. The lowest BCUT2D eigenvalue weighted by molar-refractivity contribution is -0.306. The Morgan fingerprint density at radius 2 is 1.70 bits per heavy atom. The van der Waals surface area contributed by atoms with Gasteiger partial charge >= 0.3 is 0 Å². The number of carboxylic acids is 1. The highest BCUT2D eigenvalue weighted by atomic mass is 32.3. The molecule has 4 aliphatic rings. The first-order valence-electron chi connectivity index (χ1n) is 12.5. The van der Waals surface area contributed by atoms with E-state index in [2.05, 4.69) is 20.8 Å². The van der Waals surface area contributed by atoms with Crippen molar-refractivity contribution < 1.29 is 37.3 Å². The third kappa shape index (κ3) is 4.37. The molecule has 4 fully saturated rings. The molecule has 2 N–H and O–H groups in total. The predicted octanol–water partition coefficient (Wildman–Crippen LogP) is 1.60. The molecule has 0 aromatic heterocycles. The van der Waals surface area contributed by atoms with E-state index in [0.29, 0.717) is 19.3 Å². The Labute approximate surface area is 197 Å². The second-order valence-corrected chi connectivity index (χ2v) is 12.9. The molecule has 11 atom stereocenters. The fraction of sp³-hybridized carbons (Fsp3) is 0.958. The Kier molecular flexibility index (Phi) is 6.71. The number of aliphatic hydroxyl groups is 2. The standard InChI is InChI=1S/C24H40O8S/c1-13(4-7-19(26)27)15-5-6-16-20-17(9-11-23(15,16)2)24(3)10-8-14(25)12-18(24)21(28)22(20)32-33(29,30)31/h13-18,20-22,25,28H,4-12H2,1-3H3,(H,26,27)(H,29,30,31)/p-2/t13-,14-,15-,16+,17+,18+,20+,21+,22+,23-,24-/m1/s1. The van der Waals surface area contributed by atoms with Crippen LogP contribution < -0.4 is 5.11 Å². The lowest BCUT2D eigenvalue weighted by Gasteiger charge is -2.64. The minimum absolute atomic E-state index is 0.0193. The highest BCUT2D eigenvalue weighted by molar-refractivity contribution is 7.80. The van der Waals surface area contributed by atoms with Crippen molar-refractivity contribution in [1.29, 1.82) is 0 Å². The number of aliphatic hydroxyl groups excluding tert-OH is 2. The molecule has 4 aliphatic carbocycles. The van der Waals surface area contributed by atoms with Crippen LogP contribution in [0, 0.1) is 46.3 Å². The molecular weight excluding hydrogens is 448 g/mol. The van der Waals surface area contributed by atoms with Gasteiger partial charge in [0.25, 0.3) is 0 Å². The monoisotopic (exact) mass is 486 g/mol. The second kappa shape index (κ2) is 8.73. The topological polar surface area (TPSA) is 147 Å². The largest absolute Gasteiger partial charge is 0.726 e. The SMILES string of the molecule is C[C@H](CCC(=O)[O-])[C@H]1CC[C@H]2[C@@H]3[C@H](OS(=O)(=O)[O-])[C@@H](O)[C@@H]4C[C@H](O)CC[C@]4(C)[C@H]3CC[C@]12C. The van der Waals surface area contributed by atoms with Gasteiger partial charge < -0.3 is 24.7 Å². The van der Waals surface area contributed by atoms with E-state index in [-0.39, 0.29) is 52.8 Å². The third-order valence-corrected chi connectivity index (χ3v) is 10.9. The van der Waals surface area contributed by atoms with Crippen molar-refractivity contribution in [3.05, 3.63) is 0 Å². The van der Waals surface area contributed by atoms with E-state index in [9.17, 15) is 33.1 Å². The Morgan fingerprint density at radius 3 is 2.33 bits per heavy atom. The van der Waals surface area contributed by atoms with Gasteiger partial charge in [0, 0.05) is 5.97 Å². The van der Waals surface area contributed by atoms with E-state index in [0.717, 1.165) is 32.1 Å². The third-order valence-electron chi connectivity index (χ3n) is 10.5. The highest BCUT2D eigenvalue weighted by Gasteiger charge is 2.66. The zero-order valence-electron chi connectivity index (χ0n) is 19.8. The lowest BCUT2D eigenvalue weighted by atomic mass is 9.43. The van der Waals surface area contributed by atoms with E-state index in [1.165, 1.54) is 0 Å². The molecule has 0 aliphatic heterocycles. The average Bonchev–Trinajstić information content (AvgIpc) is 3.07. The normalized spacial score (nSPS) is 48.4. The van der Waals surface area contributed by atoms with Crippen LogP contribution in [0.2, 0.25) is 0 Å². The molecule has 190 valence electrons. The van der Waals surface area contributed by atoms with E-state index in [4.69, 9.17) is 4.18 Å². The van der Waals surface area contributed by atoms with Gasteiger partial charge in [-0.15, -0.1) is 0 Å². The zero-order chi connectivity index (χ0) is 24.3. The maximum Gasteiger partial charge on any atom is 0.218 e. The first-order valence-corrected chi connectivity index (χ1v) is 13.8. The molecule has 0 saturated heterocycles. The highest BCUT2D eigenvalue weighted by Crippen LogP contribution is 2.68. The Balaban J connectivity index is 1.69. The number of carbonyl (C=O) groups is 1. The first kappa shape index (κ1) is 25.4. The zero-order valence-corrected chi connectivity index (χ0v) is 20.6. The van der Waals surface area contributed by atoms with Gasteiger partial charge in [-0.05, 0) is 104 Å². The number of hydrogen-bond donors (Lipinski definition) is 2. The predicted molar refractivity (Wildman–Crippen MR) is 116 cm³/mol. The summed E-state index contributed by atoms with van der Waals surface area (Å²) >= 11 is 0. The van der Waals surface area contributed by atoms with Gasteiger partial charge in [-0.2, -0.15) is 0 Å². The summed E-state index contributed by atoms with van der Waals surface area (Å²) in [6.07, 6.45) is 3.09. The minimum Gasteiger partial charge on any atom is -0.726 e. The molecule has 0 radical (unpaired) electrons. The molecule has 0 amide bonds. The molecule has 0 spiro atoms. The van der Waals surface area contributed by atoms with Crippen molar-refractivity contribution in [1.82, 2.24) is 0 Å². The minimum atomic E-state index is -5.02. The van der Waals surface area contributed by atoms with Gasteiger partial charge in [0.05, 0.1) is 12.2 Å². The molecule has 4 rings (SSSR count). The summed E-state index contributed by atoms with van der Waals surface area (Å²) in [4.78, 5) is 11.0. The number of fused-ring (bicyclic) bond motifs is 5. The summed E-state index contributed by atoms with van der Waals surface area (Å²) in [6, 6.07) is 0. The fourth-order valence-electron chi connectivity index (χ4n) is 8.99. The van der Waals surface area contributed by atoms with E-state index in [1.807, 2.05) is 0 Å². The molecule has 0 aromatic rings. The van der Waals surface area contributed by atoms with Crippen LogP contribution in [0.3, 0.4) is 0 Å². The molecule has 4 saturated carbocycles. The molecule has 0 bridgehead atoms. The van der Waals surface area contributed by atoms with Crippen LogP contribution in [-0.4, -0.2) is 47.5 Å². The molecule has 0 unspecified atom stereocenters. The fourth-order valence-corrected chi connectivity index (χ4v) is 9.51. The Hall–Kier alpha value is -0.740. The maximum absolute atomic E-state index is 11.7. The van der Waals surface area contributed by atoms with E-state index in [1.54, 1.807) is 0 Å². The molecule has 9 heteroatoms. The number of carbonyl (C=O) groups excluding carboxylic acids is 1. The molecule has 8 nitrogen and oxygen atoms in total. The van der Waals surface area contributed by atoms with Crippen molar-refractivity contribution >= 4 is 16.4 Å². The molecule has 0 aromatic carbocycles. The van der Waals surface area contributed by atoms with Crippen LogP contribution in [0.5, 0.6) is 0 Å². The first-order chi connectivity index (χ1) is 15.3. The summed E-state index contributed by atoms with van der Waals surface area (Å²) in [5.41, 5.74) is -0.395. The van der Waals surface area contributed by atoms with Gasteiger partial charge in [0.15, 0.2) is 0 Å². The van der Waals surface area contributed by atoms with E-state index < -0.39 is 34.7 Å². The van der Waals surface area contributed by atoms with Crippen molar-refractivity contribution in [3.8, 4) is 0 Å². The number of carboxylic acid groups (broad SMARTS) is 1. The summed E-state index contributed by atoms with van der Waals surface area (Å²) in [7, 11) is -5.02. The van der Waals surface area contributed by atoms with Gasteiger partial charge in [0.2, 0.25) is 10.4 Å². The number of hydrogen-bond acceptors (Lipinski definition) is 8. The molecule has 0 heterocycles. The van der Waals surface area contributed by atoms with Gasteiger partial charge in [-0.25, -0.2) is 8.42 Å². The number of aliphatic carboxylic acids is 1. The van der Waals surface area contributed by atoms with Crippen LogP contribution in [0.4, 0.5) is 0 Å². The quantitative estimate of drug-likeness (QED) is 0.425. The van der Waals surface area contributed by atoms with Crippen LogP contribution in [0.25, 0.3) is 0 Å². The second-order valence-electron chi connectivity index (χ2n) is 11.9. The molecular formula is C24H38O8S-2. The van der Waals surface area contributed by atoms with Crippen molar-refractivity contribution in [3.63, 3.8) is 0 Å². The van der Waals surface area contributed by atoms with Crippen LogP contribution >= 0.6 is 0 Å². The summed E-state index contributed by atoms with van der Waals surface area (Å²) in [5.74, 6) is -0.997. The maximum atomic E-state index is 11.7. The van der Waals surface area contributed by atoms with Crippen LogP contribution in [-0.2, 0) is 19.4 Å². The summed E-state index contributed by atoms with van der Waals surface area (Å²) in [5, 5.41) is 32.7. The van der Waals surface area contributed by atoms with Gasteiger partial charge in [-0.1, -0.05) is 20.8 Å². The van der Waals surface area contributed by atoms with Crippen molar-refractivity contribution in [2.24, 2.45) is 46.3 Å². The summed E-state index contributed by atoms with van der Waals surface area (Å²) in [6.45, 7) is 6.46. The summed E-state index contributed by atoms with van der Waals surface area (Å²) < 4.78 is 40.3. The van der Waals surface area contributed by atoms with Gasteiger partial charge in [0.1, 0.15) is 6.10 Å². The Morgan fingerprint density at radius 1 is 1.06 bits per heavy atom. The van der Waals surface area contributed by atoms with Crippen molar-refractivity contribution in [2.75, 3.05) is 0 Å². The van der Waals surface area contributed by atoms with E-state index >= 15 is 0 Å². The molecule has 33 heavy (non-hydrogen) atoms. The van der Waals surface area contributed by atoms with Crippen LogP contribution in [0.15, 0.2) is 0 Å². The smallest absolute Gasteiger partial charge is 0.218 e. The Bertz CT molecular complexity index is 861. The number of rotatable bonds is 6. The van der Waals surface area contributed by atoms with Gasteiger partial charge in [-0.3, -0.25) is 4.18 Å². The van der Waals surface area contributed by atoms with Crippen molar-refractivity contribution in [2.45, 2.75) is 96.9 Å².